The molecule has 9 heteroatoms. The van der Waals surface area contributed by atoms with Gasteiger partial charge in [-0.15, -0.1) is 0 Å². The highest BCUT2D eigenvalue weighted by Crippen LogP contribution is 2.33. The molecule has 2 aromatic rings. The second kappa shape index (κ2) is 9.48. The van der Waals surface area contributed by atoms with E-state index in [1.807, 2.05) is 20.8 Å². The highest BCUT2D eigenvalue weighted by atomic mass is 32.2. The first kappa shape index (κ1) is 23.4. The molecule has 1 aliphatic heterocycles. The largest absolute Gasteiger partial charge is 0.493 e. The van der Waals surface area contributed by atoms with Gasteiger partial charge in [-0.25, -0.2) is 16.8 Å². The summed E-state index contributed by atoms with van der Waals surface area (Å²) in [5.41, 5.74) is 2.62. The molecule has 31 heavy (non-hydrogen) atoms. The quantitative estimate of drug-likeness (QED) is 0.601. The van der Waals surface area contributed by atoms with E-state index in [2.05, 4.69) is 4.72 Å². The van der Waals surface area contributed by atoms with Gasteiger partial charge in [-0.3, -0.25) is 9.03 Å². The van der Waals surface area contributed by atoms with E-state index in [0.717, 1.165) is 17.5 Å². The van der Waals surface area contributed by atoms with Crippen molar-refractivity contribution in [2.75, 3.05) is 27.9 Å². The number of nitrogens with zero attached hydrogens (tertiary/aromatic N) is 1. The van der Waals surface area contributed by atoms with Gasteiger partial charge in [0.1, 0.15) is 5.75 Å². The topological polar surface area (TPSA) is 92.8 Å². The first-order chi connectivity index (χ1) is 14.7. The van der Waals surface area contributed by atoms with Gasteiger partial charge in [-0.2, -0.15) is 0 Å². The number of anilines is 2. The van der Waals surface area contributed by atoms with E-state index in [0.29, 0.717) is 49.5 Å². The summed E-state index contributed by atoms with van der Waals surface area (Å²) in [6.07, 6.45) is 2.82. The molecule has 0 spiro atoms. The van der Waals surface area contributed by atoms with Crippen molar-refractivity contribution in [3.8, 4) is 5.75 Å². The Morgan fingerprint density at radius 1 is 1.03 bits per heavy atom. The summed E-state index contributed by atoms with van der Waals surface area (Å²) in [4.78, 5) is 0.152. The summed E-state index contributed by atoms with van der Waals surface area (Å²) in [7, 11) is -7.16. The Balaban J connectivity index is 1.84. The van der Waals surface area contributed by atoms with E-state index >= 15 is 0 Å². The van der Waals surface area contributed by atoms with Gasteiger partial charge in [0, 0.05) is 12.2 Å². The molecule has 2 aromatic carbocycles. The number of aryl methyl sites for hydroxylation is 2. The van der Waals surface area contributed by atoms with E-state index in [4.69, 9.17) is 4.74 Å². The number of rotatable bonds is 9. The standard InChI is InChI=1S/C22H30N2O5S2/c1-4-13-29-22-11-9-20(15-17(22)3)31(27,28)23-19-8-10-21-18(16-19)7-6-12-24(21)30(25,26)14-5-2/h8-11,15-16,23H,4-7,12-14H2,1-3H3. The highest BCUT2D eigenvalue weighted by molar-refractivity contribution is 7.93. The molecule has 0 aromatic heterocycles. The second-order valence-corrected chi connectivity index (χ2v) is 11.4. The summed E-state index contributed by atoms with van der Waals surface area (Å²) in [5.74, 6) is 0.765. The van der Waals surface area contributed by atoms with Gasteiger partial charge in [0.2, 0.25) is 10.0 Å². The Labute approximate surface area is 185 Å². The lowest BCUT2D eigenvalue weighted by Crippen LogP contribution is -2.37. The van der Waals surface area contributed by atoms with Crippen molar-refractivity contribution in [1.82, 2.24) is 0 Å². The average Bonchev–Trinajstić information content (AvgIpc) is 2.72. The predicted octanol–water partition coefficient (Wildman–Crippen LogP) is 4.08. The minimum absolute atomic E-state index is 0.0954. The Morgan fingerprint density at radius 3 is 2.48 bits per heavy atom. The lowest BCUT2D eigenvalue weighted by molar-refractivity contribution is 0.315. The van der Waals surface area contributed by atoms with Crippen LogP contribution in [0.3, 0.4) is 0 Å². The number of benzene rings is 2. The lowest BCUT2D eigenvalue weighted by atomic mass is 10.0. The Hall–Kier alpha value is -2.26. The summed E-state index contributed by atoms with van der Waals surface area (Å²) >= 11 is 0. The van der Waals surface area contributed by atoms with Gasteiger partial charge >= 0.3 is 0 Å². The molecular formula is C22H30N2O5S2. The van der Waals surface area contributed by atoms with Crippen LogP contribution < -0.4 is 13.8 Å². The molecule has 0 bridgehead atoms. The van der Waals surface area contributed by atoms with Gasteiger partial charge in [-0.05, 0) is 80.1 Å². The fourth-order valence-electron chi connectivity index (χ4n) is 3.66. The van der Waals surface area contributed by atoms with Crippen molar-refractivity contribution in [2.24, 2.45) is 0 Å². The van der Waals surface area contributed by atoms with Crippen molar-refractivity contribution >= 4 is 31.4 Å². The molecule has 0 amide bonds. The second-order valence-electron chi connectivity index (χ2n) is 7.72. The van der Waals surface area contributed by atoms with Crippen LogP contribution in [0.1, 0.15) is 44.2 Å². The predicted molar refractivity (Wildman–Crippen MR) is 124 cm³/mol. The molecule has 3 rings (SSSR count). The molecule has 0 atom stereocenters. The van der Waals surface area contributed by atoms with Crippen LogP contribution in [-0.4, -0.2) is 35.7 Å². The first-order valence-corrected chi connectivity index (χ1v) is 13.7. The fourth-order valence-corrected chi connectivity index (χ4v) is 6.42. The molecule has 0 saturated heterocycles. The zero-order valence-electron chi connectivity index (χ0n) is 18.2. The minimum atomic E-state index is -3.79. The van der Waals surface area contributed by atoms with Gasteiger partial charge in [-0.1, -0.05) is 13.8 Å². The molecule has 0 aliphatic carbocycles. The maximum absolute atomic E-state index is 12.9. The van der Waals surface area contributed by atoms with Crippen LogP contribution in [0.25, 0.3) is 0 Å². The van der Waals surface area contributed by atoms with Gasteiger partial charge < -0.3 is 4.74 Å². The Morgan fingerprint density at radius 2 is 1.81 bits per heavy atom. The normalized spacial score (nSPS) is 14.2. The monoisotopic (exact) mass is 466 g/mol. The number of nitrogens with one attached hydrogen (secondary N) is 1. The van der Waals surface area contributed by atoms with Crippen molar-refractivity contribution in [3.05, 3.63) is 47.5 Å². The van der Waals surface area contributed by atoms with E-state index < -0.39 is 20.0 Å². The molecule has 1 heterocycles. The third kappa shape index (κ3) is 5.33. The highest BCUT2D eigenvalue weighted by Gasteiger charge is 2.27. The lowest BCUT2D eigenvalue weighted by Gasteiger charge is -2.30. The molecule has 0 unspecified atom stereocenters. The summed E-state index contributed by atoms with van der Waals surface area (Å²) < 4.78 is 60.6. The smallest absolute Gasteiger partial charge is 0.261 e. The van der Waals surface area contributed by atoms with Crippen molar-refractivity contribution in [3.63, 3.8) is 0 Å². The van der Waals surface area contributed by atoms with Crippen LogP contribution in [0.5, 0.6) is 5.75 Å². The van der Waals surface area contributed by atoms with E-state index in [1.165, 1.54) is 10.4 Å². The van der Waals surface area contributed by atoms with Gasteiger partial charge in [0.05, 0.1) is 22.9 Å². The molecule has 0 fully saturated rings. The molecule has 1 N–H and O–H groups in total. The van der Waals surface area contributed by atoms with E-state index in [-0.39, 0.29) is 10.6 Å². The van der Waals surface area contributed by atoms with Gasteiger partial charge in [0.15, 0.2) is 0 Å². The van der Waals surface area contributed by atoms with Crippen molar-refractivity contribution < 1.29 is 21.6 Å². The number of ether oxygens (including phenoxy) is 1. The summed E-state index contributed by atoms with van der Waals surface area (Å²) in [6.45, 7) is 6.69. The van der Waals surface area contributed by atoms with E-state index in [9.17, 15) is 16.8 Å². The molecular weight excluding hydrogens is 436 g/mol. The van der Waals surface area contributed by atoms with Crippen molar-refractivity contribution in [1.29, 1.82) is 0 Å². The molecule has 0 saturated carbocycles. The Bertz CT molecular complexity index is 1140. The zero-order chi connectivity index (χ0) is 22.6. The van der Waals surface area contributed by atoms with Crippen LogP contribution in [-0.2, 0) is 26.5 Å². The van der Waals surface area contributed by atoms with E-state index in [1.54, 1.807) is 30.3 Å². The summed E-state index contributed by atoms with van der Waals surface area (Å²) in [5, 5.41) is 0. The maximum Gasteiger partial charge on any atom is 0.261 e. The Kier molecular flexibility index (Phi) is 7.16. The zero-order valence-corrected chi connectivity index (χ0v) is 19.9. The maximum atomic E-state index is 12.9. The van der Waals surface area contributed by atoms with Crippen LogP contribution in [0, 0.1) is 6.92 Å². The number of hydrogen-bond donors (Lipinski definition) is 1. The number of fused-ring (bicyclic) bond motifs is 1. The molecule has 7 nitrogen and oxygen atoms in total. The van der Waals surface area contributed by atoms with Crippen LogP contribution in [0.4, 0.5) is 11.4 Å². The van der Waals surface area contributed by atoms with Crippen molar-refractivity contribution in [2.45, 2.75) is 51.3 Å². The SMILES string of the molecule is CCCOc1ccc(S(=O)(=O)Nc2ccc3c(c2)CCCN3S(=O)(=O)CCC)cc1C. The van der Waals surface area contributed by atoms with Crippen LogP contribution in [0.2, 0.25) is 0 Å². The molecule has 170 valence electrons. The third-order valence-electron chi connectivity index (χ3n) is 5.12. The summed E-state index contributed by atoms with van der Waals surface area (Å²) in [6, 6.07) is 9.81. The minimum Gasteiger partial charge on any atom is -0.493 e. The third-order valence-corrected chi connectivity index (χ3v) is 8.48. The molecule has 0 radical (unpaired) electrons. The number of sulfonamides is 2. The fraction of sp³-hybridized carbons (Fsp3) is 0.455. The van der Waals surface area contributed by atoms with Crippen LogP contribution in [0.15, 0.2) is 41.3 Å². The van der Waals surface area contributed by atoms with Gasteiger partial charge in [0.25, 0.3) is 10.0 Å². The number of hydrogen-bond acceptors (Lipinski definition) is 5. The average molecular weight is 467 g/mol. The van der Waals surface area contributed by atoms with Crippen LogP contribution >= 0.6 is 0 Å². The first-order valence-electron chi connectivity index (χ1n) is 10.6. The molecule has 1 aliphatic rings.